The number of rotatable bonds is 6. The van der Waals surface area contributed by atoms with Crippen molar-refractivity contribution < 1.29 is 19.2 Å². The van der Waals surface area contributed by atoms with Crippen LogP contribution in [0.5, 0.6) is 0 Å². The van der Waals surface area contributed by atoms with Gasteiger partial charge in [0.05, 0.1) is 18.2 Å². The van der Waals surface area contributed by atoms with Crippen molar-refractivity contribution in [3.63, 3.8) is 0 Å². The Morgan fingerprint density at radius 2 is 2.21 bits per heavy atom. The number of carbonyl (C=O) groups is 2. The molecule has 0 bridgehead atoms. The maximum absolute atomic E-state index is 12.1. The van der Waals surface area contributed by atoms with E-state index in [-0.39, 0.29) is 17.9 Å². The average Bonchev–Trinajstić information content (AvgIpc) is 2.86. The molecule has 0 fully saturated rings. The van der Waals surface area contributed by atoms with Crippen molar-refractivity contribution in [1.82, 2.24) is 9.88 Å². The molecule has 0 aliphatic heterocycles. The number of H-pyrrole nitrogens is 1. The summed E-state index contributed by atoms with van der Waals surface area (Å²) in [7, 11) is 1.23. The van der Waals surface area contributed by atoms with Crippen LogP contribution in [0.1, 0.15) is 23.8 Å². The molecule has 19 heavy (non-hydrogen) atoms. The van der Waals surface area contributed by atoms with Gasteiger partial charge in [-0.25, -0.2) is 0 Å². The summed E-state index contributed by atoms with van der Waals surface area (Å²) in [5.74, 6) is -1.01. The van der Waals surface area contributed by atoms with Gasteiger partial charge >= 0.3 is 5.97 Å². The second-order valence-electron chi connectivity index (χ2n) is 3.83. The van der Waals surface area contributed by atoms with E-state index in [1.807, 2.05) is 6.92 Å². The monoisotopic (exact) mass is 269 g/mol. The summed E-state index contributed by atoms with van der Waals surface area (Å²) in [4.78, 5) is 37.1. The van der Waals surface area contributed by atoms with E-state index in [0.29, 0.717) is 13.0 Å². The van der Waals surface area contributed by atoms with Crippen LogP contribution in [0.4, 0.5) is 5.69 Å². The predicted molar refractivity (Wildman–Crippen MR) is 65.7 cm³/mol. The van der Waals surface area contributed by atoms with Crippen molar-refractivity contribution in [2.45, 2.75) is 13.3 Å². The third-order valence-corrected chi connectivity index (χ3v) is 2.44. The third kappa shape index (κ3) is 3.80. The smallest absolute Gasteiger partial charge is 0.325 e. The Labute approximate surface area is 109 Å². The van der Waals surface area contributed by atoms with Gasteiger partial charge in [0.15, 0.2) is 0 Å². The fourth-order valence-electron chi connectivity index (χ4n) is 1.52. The quantitative estimate of drug-likeness (QED) is 0.470. The Bertz CT molecular complexity index is 482. The number of ether oxygens (including phenoxy) is 1. The molecular weight excluding hydrogens is 254 g/mol. The topological polar surface area (TPSA) is 106 Å². The highest BCUT2D eigenvalue weighted by Gasteiger charge is 2.21. The van der Waals surface area contributed by atoms with Gasteiger partial charge < -0.3 is 14.6 Å². The van der Waals surface area contributed by atoms with Gasteiger partial charge in [0.2, 0.25) is 0 Å². The maximum Gasteiger partial charge on any atom is 0.325 e. The van der Waals surface area contributed by atoms with E-state index in [0.717, 1.165) is 12.3 Å². The molecule has 0 atom stereocenters. The number of hydrogen-bond donors (Lipinski definition) is 1. The van der Waals surface area contributed by atoms with Crippen molar-refractivity contribution in [3.05, 3.63) is 28.1 Å². The van der Waals surface area contributed by atoms with Gasteiger partial charge in [0.25, 0.3) is 11.6 Å². The van der Waals surface area contributed by atoms with Crippen LogP contribution in [0.2, 0.25) is 0 Å². The van der Waals surface area contributed by atoms with Gasteiger partial charge in [0.1, 0.15) is 12.2 Å². The molecule has 0 aromatic carbocycles. The summed E-state index contributed by atoms with van der Waals surface area (Å²) in [5, 5.41) is 10.5. The highest BCUT2D eigenvalue weighted by molar-refractivity contribution is 5.95. The lowest BCUT2D eigenvalue weighted by atomic mass is 10.3. The van der Waals surface area contributed by atoms with Gasteiger partial charge in [-0.05, 0) is 6.42 Å². The maximum atomic E-state index is 12.1. The molecule has 8 heteroatoms. The second kappa shape index (κ2) is 6.53. The third-order valence-electron chi connectivity index (χ3n) is 2.44. The number of amides is 1. The first-order valence-corrected chi connectivity index (χ1v) is 5.68. The summed E-state index contributed by atoms with van der Waals surface area (Å²) >= 11 is 0. The molecule has 1 amide bonds. The summed E-state index contributed by atoms with van der Waals surface area (Å²) in [6, 6.07) is 1.14. The molecule has 0 aliphatic carbocycles. The number of esters is 1. The van der Waals surface area contributed by atoms with Crippen molar-refractivity contribution in [2.75, 3.05) is 20.2 Å². The molecule has 8 nitrogen and oxygen atoms in total. The first kappa shape index (κ1) is 14.7. The predicted octanol–water partition coefficient (Wildman–Crippen LogP) is 0.948. The van der Waals surface area contributed by atoms with Crippen LogP contribution < -0.4 is 0 Å². The minimum atomic E-state index is -0.599. The molecule has 1 aromatic heterocycles. The van der Waals surface area contributed by atoms with Crippen molar-refractivity contribution in [2.24, 2.45) is 0 Å². The number of nitrogens with one attached hydrogen (secondary N) is 1. The molecule has 1 rings (SSSR count). The number of carbonyl (C=O) groups excluding carboxylic acids is 2. The van der Waals surface area contributed by atoms with Crippen LogP contribution in [0.25, 0.3) is 0 Å². The zero-order valence-electron chi connectivity index (χ0n) is 10.7. The SMILES string of the molecule is CCCN(CC(=O)OC)C(=O)c1cc([N+](=O)[O-])c[nH]1. The molecule has 1 N–H and O–H groups in total. The number of aromatic amines is 1. The Hall–Kier alpha value is -2.38. The molecule has 104 valence electrons. The molecular formula is C11H15N3O5. The van der Waals surface area contributed by atoms with Crippen molar-refractivity contribution in [1.29, 1.82) is 0 Å². The summed E-state index contributed by atoms with van der Waals surface area (Å²) < 4.78 is 4.51. The van der Waals surface area contributed by atoms with E-state index in [1.54, 1.807) is 0 Å². The van der Waals surface area contributed by atoms with Gasteiger partial charge in [0, 0.05) is 12.6 Å². The van der Waals surface area contributed by atoms with Crippen LogP contribution in [0.15, 0.2) is 12.3 Å². The van der Waals surface area contributed by atoms with E-state index in [4.69, 9.17) is 0 Å². The number of nitrogens with zero attached hydrogens (tertiary/aromatic N) is 2. The molecule has 0 aliphatic rings. The molecule has 0 radical (unpaired) electrons. The van der Waals surface area contributed by atoms with E-state index >= 15 is 0 Å². The van der Waals surface area contributed by atoms with E-state index in [9.17, 15) is 19.7 Å². The Balaban J connectivity index is 2.85. The van der Waals surface area contributed by atoms with Gasteiger partial charge in [-0.3, -0.25) is 19.7 Å². The summed E-state index contributed by atoms with van der Waals surface area (Å²) in [5.41, 5.74) is -0.123. The normalized spacial score (nSPS) is 10.0. The molecule has 0 saturated heterocycles. The zero-order chi connectivity index (χ0) is 14.4. The minimum Gasteiger partial charge on any atom is -0.468 e. The summed E-state index contributed by atoms with van der Waals surface area (Å²) in [6.07, 6.45) is 1.79. The van der Waals surface area contributed by atoms with E-state index in [1.165, 1.54) is 12.0 Å². The van der Waals surface area contributed by atoms with Crippen LogP contribution >= 0.6 is 0 Å². The summed E-state index contributed by atoms with van der Waals surface area (Å²) in [6.45, 7) is 2.03. The Kier molecular flexibility index (Phi) is 5.04. The van der Waals surface area contributed by atoms with E-state index < -0.39 is 16.8 Å². The molecule has 0 unspecified atom stereocenters. The van der Waals surface area contributed by atoms with Crippen molar-refractivity contribution >= 4 is 17.6 Å². The number of nitro groups is 1. The van der Waals surface area contributed by atoms with Crippen molar-refractivity contribution in [3.8, 4) is 0 Å². The first-order valence-electron chi connectivity index (χ1n) is 5.68. The van der Waals surface area contributed by atoms with Crippen LogP contribution in [0, 0.1) is 10.1 Å². The van der Waals surface area contributed by atoms with Gasteiger partial charge in [-0.2, -0.15) is 0 Å². The molecule has 0 saturated carbocycles. The fourth-order valence-corrected chi connectivity index (χ4v) is 1.52. The Morgan fingerprint density at radius 3 is 2.68 bits per heavy atom. The molecule has 1 aromatic rings. The molecule has 1 heterocycles. The fraction of sp³-hybridized carbons (Fsp3) is 0.455. The van der Waals surface area contributed by atoms with Gasteiger partial charge in [-0.15, -0.1) is 0 Å². The lowest BCUT2D eigenvalue weighted by Crippen LogP contribution is -2.37. The van der Waals surface area contributed by atoms with E-state index in [2.05, 4.69) is 9.72 Å². The zero-order valence-corrected chi connectivity index (χ0v) is 10.7. The average molecular weight is 269 g/mol. The molecule has 0 spiro atoms. The van der Waals surface area contributed by atoms with Crippen LogP contribution in [-0.4, -0.2) is 46.9 Å². The Morgan fingerprint density at radius 1 is 1.53 bits per heavy atom. The highest BCUT2D eigenvalue weighted by Crippen LogP contribution is 2.14. The number of aromatic nitrogens is 1. The second-order valence-corrected chi connectivity index (χ2v) is 3.83. The lowest BCUT2D eigenvalue weighted by molar-refractivity contribution is -0.384. The van der Waals surface area contributed by atoms with Gasteiger partial charge in [-0.1, -0.05) is 6.92 Å². The number of hydrogen-bond acceptors (Lipinski definition) is 5. The number of methoxy groups -OCH3 is 1. The first-order chi connectivity index (χ1) is 8.99. The standard InChI is InChI=1S/C11H15N3O5/c1-3-4-13(7-10(15)19-2)11(16)9-5-8(6-12-9)14(17)18/h5-6,12H,3-4,7H2,1-2H3. The largest absolute Gasteiger partial charge is 0.468 e. The van der Waals surface area contributed by atoms with Crippen LogP contribution in [-0.2, 0) is 9.53 Å². The lowest BCUT2D eigenvalue weighted by Gasteiger charge is -2.19. The minimum absolute atomic E-state index is 0.0732. The highest BCUT2D eigenvalue weighted by atomic mass is 16.6. The van der Waals surface area contributed by atoms with Crippen LogP contribution in [0.3, 0.4) is 0 Å².